The predicted molar refractivity (Wildman–Crippen MR) is 237 cm³/mol. The normalized spacial score (nSPS) is 21.6. The number of benzene rings is 4. The van der Waals surface area contributed by atoms with Gasteiger partial charge in [-0.25, -0.2) is 0 Å². The van der Waals surface area contributed by atoms with Crippen molar-refractivity contribution in [1.82, 2.24) is 0 Å². The standard InChI is InChI=1S/2C20H21.C10H19Si.2ClH.Zr/c2*1-14-12-16-6-5-7-18(19(16)13-14)15-8-10-17(11-9-15)20(2,3)4;1-2-6-9(5-1)11-10-7-3-4-8-10;;;/h2*5-13H,1-4H3;9-11H,1-8H2;2*1H;/q;;;;;+2/p-2. The molecule has 0 aromatic heterocycles. The Morgan fingerprint density at radius 2 is 0.870 bits per heavy atom. The van der Waals surface area contributed by atoms with E-state index in [-0.39, 0.29) is 18.1 Å². The van der Waals surface area contributed by atoms with E-state index < -0.39 is 21.5 Å². The summed E-state index contributed by atoms with van der Waals surface area (Å²) in [6.07, 6.45) is 15.7. The van der Waals surface area contributed by atoms with Crippen LogP contribution in [0.1, 0.15) is 147 Å². The molecule has 283 valence electrons. The van der Waals surface area contributed by atoms with Crippen LogP contribution in [0.15, 0.2) is 96.1 Å². The SMILES string of the molecule is CC1=Cc2c(-c3ccc(C(C)(C)C)cc3)cccc2[CH]1[Zr]([Cl])([Cl])([CH]1C(C)=Cc2c(-c3ccc(C(C)(C)C)cc3)cccc21)[SiH](C1CCCC1)C1CCCC1. The fraction of sp³-hybridized carbons (Fsp3) is 0.440. The molecular formula is C50H61Cl2SiZr. The first-order valence-corrected chi connectivity index (χ1v) is 36.3. The van der Waals surface area contributed by atoms with Crippen molar-refractivity contribution in [2.24, 2.45) is 0 Å². The van der Waals surface area contributed by atoms with Crippen molar-refractivity contribution in [3.63, 3.8) is 0 Å². The van der Waals surface area contributed by atoms with Gasteiger partial charge in [-0.2, -0.15) is 0 Å². The van der Waals surface area contributed by atoms with Crippen LogP contribution in [0.3, 0.4) is 0 Å². The molecule has 0 aliphatic heterocycles. The molecule has 0 amide bonds. The van der Waals surface area contributed by atoms with Gasteiger partial charge in [-0.05, 0) is 0 Å². The monoisotopic (exact) mass is 849 g/mol. The van der Waals surface area contributed by atoms with Crippen molar-refractivity contribution >= 4 is 35.1 Å². The molecule has 4 heteroatoms. The van der Waals surface area contributed by atoms with E-state index in [0.717, 1.165) is 11.1 Å². The Bertz CT molecular complexity index is 1960. The zero-order valence-corrected chi connectivity index (χ0v) is 39.2. The third kappa shape index (κ3) is 6.50. The van der Waals surface area contributed by atoms with E-state index in [1.54, 1.807) is 0 Å². The summed E-state index contributed by atoms with van der Waals surface area (Å²) < 4.78 is 0.260. The summed E-state index contributed by atoms with van der Waals surface area (Å²) in [6, 6.07) is 32.8. The van der Waals surface area contributed by atoms with E-state index in [4.69, 9.17) is 0 Å². The van der Waals surface area contributed by atoms with Crippen LogP contribution in [-0.2, 0) is 26.4 Å². The zero-order valence-electron chi connectivity index (χ0n) is 34.0. The van der Waals surface area contributed by atoms with Gasteiger partial charge in [0, 0.05) is 0 Å². The molecule has 0 saturated heterocycles. The van der Waals surface area contributed by atoms with Crippen LogP contribution in [0.4, 0.5) is 0 Å². The summed E-state index contributed by atoms with van der Waals surface area (Å²) in [5.74, 6) is -1.76. The van der Waals surface area contributed by atoms with Crippen LogP contribution >= 0.6 is 17.0 Å². The molecule has 0 N–H and O–H groups in total. The molecule has 4 aliphatic carbocycles. The Balaban J connectivity index is 1.33. The molecule has 4 aromatic rings. The van der Waals surface area contributed by atoms with Crippen molar-refractivity contribution in [1.29, 1.82) is 0 Å². The first-order valence-electron chi connectivity index (χ1n) is 21.0. The summed E-state index contributed by atoms with van der Waals surface area (Å²) in [7, 11) is 18.5. The number of halogens is 2. The quantitative estimate of drug-likeness (QED) is 0.163. The molecule has 2 fully saturated rings. The van der Waals surface area contributed by atoms with Crippen LogP contribution in [0.2, 0.25) is 11.1 Å². The van der Waals surface area contributed by atoms with Crippen LogP contribution in [-0.4, -0.2) is 5.92 Å². The number of fused-ring (bicyclic) bond motifs is 2. The molecule has 8 rings (SSSR count). The molecule has 2 unspecified atom stereocenters. The molecule has 0 nitrogen and oxygen atoms in total. The number of hydrogen-bond donors (Lipinski definition) is 0. The third-order valence-corrected chi connectivity index (χ3v) is 62.5. The second-order valence-electron chi connectivity index (χ2n) is 19.8. The Labute approximate surface area is 335 Å². The van der Waals surface area contributed by atoms with Crippen molar-refractivity contribution in [2.45, 2.75) is 136 Å². The minimum absolute atomic E-state index is 0.120. The molecule has 2 atom stereocenters. The first kappa shape index (κ1) is 38.9. The van der Waals surface area contributed by atoms with Crippen molar-refractivity contribution in [2.75, 3.05) is 0 Å². The number of rotatable bonds is 7. The van der Waals surface area contributed by atoms with E-state index in [1.807, 2.05) is 0 Å². The topological polar surface area (TPSA) is 0 Å². The molecule has 0 bridgehead atoms. The van der Waals surface area contributed by atoms with Crippen LogP contribution in [0.25, 0.3) is 34.4 Å². The number of hydrogen-bond acceptors (Lipinski definition) is 0. The fourth-order valence-electron chi connectivity index (χ4n) is 11.8. The predicted octanol–water partition coefficient (Wildman–Crippen LogP) is 15.8. The molecule has 4 aliphatic rings. The van der Waals surface area contributed by atoms with Crippen LogP contribution in [0, 0.1) is 0 Å². The van der Waals surface area contributed by atoms with E-state index in [1.165, 1.54) is 118 Å². The average molecular weight is 852 g/mol. The Kier molecular flexibility index (Phi) is 10.2. The van der Waals surface area contributed by atoms with Gasteiger partial charge in [0.2, 0.25) is 0 Å². The van der Waals surface area contributed by atoms with Gasteiger partial charge in [0.15, 0.2) is 0 Å². The second-order valence-corrected chi connectivity index (χ2v) is 59.3. The van der Waals surface area contributed by atoms with E-state index in [2.05, 4.69) is 152 Å². The fourth-order valence-corrected chi connectivity index (χ4v) is 75.8. The van der Waals surface area contributed by atoms with Gasteiger partial charge in [0.25, 0.3) is 0 Å². The third-order valence-electron chi connectivity index (χ3n) is 14.2. The van der Waals surface area contributed by atoms with E-state index >= 15 is 0 Å². The van der Waals surface area contributed by atoms with Gasteiger partial charge in [-0.15, -0.1) is 0 Å². The first-order chi connectivity index (χ1) is 25.6. The Morgan fingerprint density at radius 1 is 0.519 bits per heavy atom. The van der Waals surface area contributed by atoms with Gasteiger partial charge in [0.1, 0.15) is 0 Å². The maximum absolute atomic E-state index is 9.27. The second kappa shape index (κ2) is 14.1. The summed E-state index contributed by atoms with van der Waals surface area (Å²) in [5.41, 5.74) is 18.1. The molecule has 2 saturated carbocycles. The Morgan fingerprint density at radius 3 is 1.20 bits per heavy atom. The van der Waals surface area contributed by atoms with Crippen molar-refractivity contribution in [3.05, 3.63) is 129 Å². The molecule has 0 heterocycles. The minimum atomic E-state index is -5.06. The molecule has 0 spiro atoms. The van der Waals surface area contributed by atoms with Crippen LogP contribution in [0.5, 0.6) is 0 Å². The van der Waals surface area contributed by atoms with Gasteiger partial charge < -0.3 is 0 Å². The molecule has 4 aromatic carbocycles. The maximum atomic E-state index is 9.27. The molecule has 0 radical (unpaired) electrons. The zero-order chi connectivity index (χ0) is 38.2. The molecular weight excluding hydrogens is 791 g/mol. The Hall–Kier alpha value is -1.96. The summed E-state index contributed by atoms with van der Waals surface area (Å²) in [6.45, 7) is 18.6. The summed E-state index contributed by atoms with van der Waals surface area (Å²) in [5, 5.41) is 0. The van der Waals surface area contributed by atoms with Gasteiger partial charge in [0.05, 0.1) is 0 Å². The van der Waals surface area contributed by atoms with Crippen LogP contribution < -0.4 is 0 Å². The summed E-state index contributed by atoms with van der Waals surface area (Å²) in [4.78, 5) is 0. The number of allylic oxidation sites excluding steroid dienone is 2. The van der Waals surface area contributed by atoms with Gasteiger partial charge in [-0.3, -0.25) is 0 Å². The molecule has 54 heavy (non-hydrogen) atoms. The van der Waals surface area contributed by atoms with E-state index in [0.29, 0.717) is 0 Å². The van der Waals surface area contributed by atoms with E-state index in [9.17, 15) is 17.0 Å². The van der Waals surface area contributed by atoms with Gasteiger partial charge in [-0.1, -0.05) is 0 Å². The summed E-state index contributed by atoms with van der Waals surface area (Å²) >= 11 is -5.06. The average Bonchev–Trinajstić information content (AvgIpc) is 3.94. The van der Waals surface area contributed by atoms with Crippen molar-refractivity contribution in [3.8, 4) is 22.3 Å². The van der Waals surface area contributed by atoms with Gasteiger partial charge >= 0.3 is 338 Å². The van der Waals surface area contributed by atoms with Crippen molar-refractivity contribution < 1.29 is 15.6 Å².